The van der Waals surface area contributed by atoms with Gasteiger partial charge in [0.2, 0.25) is 0 Å². The Morgan fingerprint density at radius 1 is 1.46 bits per heavy atom. The van der Waals surface area contributed by atoms with Gasteiger partial charge in [-0.15, -0.1) is 5.92 Å². The Morgan fingerprint density at radius 2 is 2.19 bits per heavy atom. The summed E-state index contributed by atoms with van der Waals surface area (Å²) < 4.78 is 29.3. The molecule has 26 heavy (non-hydrogen) atoms. The third-order valence-electron chi connectivity index (χ3n) is 4.23. The number of nitrogens with one attached hydrogen (secondary N) is 1. The molecule has 0 radical (unpaired) electrons. The van der Waals surface area contributed by atoms with Crippen molar-refractivity contribution in [3.63, 3.8) is 0 Å². The average Bonchev–Trinajstić information content (AvgIpc) is 3.00. The Kier molecular flexibility index (Phi) is 5.90. The quantitative estimate of drug-likeness (QED) is 0.424. The minimum absolute atomic E-state index is 0.0400. The van der Waals surface area contributed by atoms with Gasteiger partial charge < -0.3 is 4.74 Å². The van der Waals surface area contributed by atoms with Crippen LogP contribution in [-0.2, 0) is 21.2 Å². The van der Waals surface area contributed by atoms with Gasteiger partial charge in [0.1, 0.15) is 12.4 Å². The maximum Gasteiger partial charge on any atom is 0.264 e. The standard InChI is InChI=1S/C17H21N3O5S/c1-4-5-10-25-14-6-7-15-13(11-14)12-20(18-15)9-8-17(2,16(21)19-22)26(3,23)24/h6-7,11-12,22H,8-10H2,1-3H3,(H,19,21)/t17-/m0/s1. The summed E-state index contributed by atoms with van der Waals surface area (Å²) in [6.07, 6.45) is 2.67. The molecular weight excluding hydrogens is 358 g/mol. The van der Waals surface area contributed by atoms with Crippen molar-refractivity contribution in [1.29, 1.82) is 0 Å². The normalized spacial score (nSPS) is 13.5. The summed E-state index contributed by atoms with van der Waals surface area (Å²) in [5.41, 5.74) is 2.15. The van der Waals surface area contributed by atoms with Crippen molar-refractivity contribution < 1.29 is 23.2 Å². The fourth-order valence-corrected chi connectivity index (χ4v) is 3.21. The summed E-state index contributed by atoms with van der Waals surface area (Å²) in [6.45, 7) is 3.48. The van der Waals surface area contributed by atoms with Crippen molar-refractivity contribution in [2.24, 2.45) is 0 Å². The van der Waals surface area contributed by atoms with Crippen LogP contribution in [0.1, 0.15) is 20.3 Å². The third kappa shape index (κ3) is 4.15. The van der Waals surface area contributed by atoms with Crippen LogP contribution in [0.3, 0.4) is 0 Å². The topological polar surface area (TPSA) is 111 Å². The van der Waals surface area contributed by atoms with E-state index in [4.69, 9.17) is 9.94 Å². The number of benzene rings is 1. The summed E-state index contributed by atoms with van der Waals surface area (Å²) in [5.74, 6) is 5.24. The first-order valence-corrected chi connectivity index (χ1v) is 9.74. The molecule has 9 heteroatoms. The van der Waals surface area contributed by atoms with E-state index in [0.29, 0.717) is 17.9 Å². The smallest absolute Gasteiger partial charge is 0.264 e. The number of hydrogen-bond donors (Lipinski definition) is 2. The van der Waals surface area contributed by atoms with Crippen molar-refractivity contribution in [2.45, 2.75) is 31.6 Å². The molecule has 0 saturated carbocycles. The van der Waals surface area contributed by atoms with Crippen LogP contribution < -0.4 is 10.2 Å². The molecule has 1 heterocycles. The first kappa shape index (κ1) is 19.8. The summed E-state index contributed by atoms with van der Waals surface area (Å²) in [4.78, 5) is 11.8. The number of carbonyl (C=O) groups excluding carboxylic acids is 1. The molecule has 1 aromatic carbocycles. The van der Waals surface area contributed by atoms with Gasteiger partial charge >= 0.3 is 0 Å². The molecule has 0 bridgehead atoms. The second kappa shape index (κ2) is 7.76. The number of fused-ring (bicyclic) bond motifs is 1. The molecule has 0 aliphatic heterocycles. The Labute approximate surface area is 152 Å². The Bertz CT molecular complexity index is 971. The number of aromatic nitrogens is 2. The lowest BCUT2D eigenvalue weighted by molar-refractivity contribution is -0.131. The monoisotopic (exact) mass is 379 g/mol. The summed E-state index contributed by atoms with van der Waals surface area (Å²) >= 11 is 0. The summed E-state index contributed by atoms with van der Waals surface area (Å²) in [5, 5.41) is 14.0. The fraction of sp³-hybridized carbons (Fsp3) is 0.412. The molecule has 0 spiro atoms. The molecule has 1 amide bonds. The minimum atomic E-state index is -3.74. The number of hydroxylamine groups is 1. The van der Waals surface area contributed by atoms with Crippen molar-refractivity contribution in [3.8, 4) is 17.6 Å². The number of nitrogens with zero attached hydrogens (tertiary/aromatic N) is 2. The maximum absolute atomic E-state index is 12.0. The molecule has 0 aliphatic rings. The van der Waals surface area contributed by atoms with Gasteiger partial charge in [0.15, 0.2) is 14.6 Å². The van der Waals surface area contributed by atoms with E-state index in [2.05, 4.69) is 16.9 Å². The Hall–Kier alpha value is -2.57. The number of sulfone groups is 1. The van der Waals surface area contributed by atoms with Gasteiger partial charge in [-0.3, -0.25) is 14.7 Å². The number of hydrogen-bond acceptors (Lipinski definition) is 6. The zero-order valence-electron chi connectivity index (χ0n) is 14.8. The van der Waals surface area contributed by atoms with Crippen LogP contribution in [0.15, 0.2) is 24.4 Å². The van der Waals surface area contributed by atoms with Crippen LogP contribution in [0.5, 0.6) is 5.75 Å². The highest BCUT2D eigenvalue weighted by atomic mass is 32.2. The molecule has 2 N–H and O–H groups in total. The van der Waals surface area contributed by atoms with Crippen LogP contribution in [0, 0.1) is 11.8 Å². The van der Waals surface area contributed by atoms with Crippen molar-refractivity contribution >= 4 is 26.6 Å². The highest BCUT2D eigenvalue weighted by Crippen LogP contribution is 2.24. The van der Waals surface area contributed by atoms with E-state index < -0.39 is 20.5 Å². The largest absolute Gasteiger partial charge is 0.481 e. The van der Waals surface area contributed by atoms with E-state index in [1.54, 1.807) is 29.9 Å². The molecule has 8 nitrogen and oxygen atoms in total. The van der Waals surface area contributed by atoms with Gasteiger partial charge in [-0.2, -0.15) is 5.10 Å². The van der Waals surface area contributed by atoms with E-state index in [1.165, 1.54) is 12.4 Å². The van der Waals surface area contributed by atoms with Crippen LogP contribution >= 0.6 is 0 Å². The highest BCUT2D eigenvalue weighted by Gasteiger charge is 2.43. The molecule has 0 saturated heterocycles. The van der Waals surface area contributed by atoms with Crippen LogP contribution in [0.2, 0.25) is 0 Å². The Morgan fingerprint density at radius 3 is 2.81 bits per heavy atom. The first-order chi connectivity index (χ1) is 12.2. The molecule has 0 fully saturated rings. The van der Waals surface area contributed by atoms with E-state index in [-0.39, 0.29) is 13.0 Å². The predicted octanol–water partition coefficient (Wildman–Crippen LogP) is 1.14. The number of rotatable bonds is 7. The van der Waals surface area contributed by atoms with E-state index in [9.17, 15) is 13.2 Å². The molecule has 1 aromatic heterocycles. The van der Waals surface area contributed by atoms with Gasteiger partial charge in [-0.05, 0) is 38.5 Å². The molecule has 2 rings (SSSR count). The van der Waals surface area contributed by atoms with Crippen LogP contribution in [0.4, 0.5) is 0 Å². The number of aryl methyl sites for hydroxylation is 1. The second-order valence-electron chi connectivity index (χ2n) is 6.02. The molecule has 2 aromatic rings. The van der Waals surface area contributed by atoms with Gasteiger partial charge in [0.05, 0.1) is 5.52 Å². The Balaban J connectivity index is 2.19. The zero-order valence-corrected chi connectivity index (χ0v) is 15.6. The molecule has 0 unspecified atom stereocenters. The number of amides is 1. The van der Waals surface area contributed by atoms with Crippen molar-refractivity contribution in [1.82, 2.24) is 15.3 Å². The van der Waals surface area contributed by atoms with E-state index in [0.717, 1.165) is 11.6 Å². The third-order valence-corrected chi connectivity index (χ3v) is 6.26. The summed E-state index contributed by atoms with van der Waals surface area (Å²) in [7, 11) is -3.74. The lowest BCUT2D eigenvalue weighted by atomic mass is 10.1. The first-order valence-electron chi connectivity index (χ1n) is 7.85. The molecule has 140 valence electrons. The van der Waals surface area contributed by atoms with Gasteiger partial charge in [-0.1, -0.05) is 5.92 Å². The molecular formula is C17H21N3O5S. The van der Waals surface area contributed by atoms with Crippen LogP contribution in [0.25, 0.3) is 10.9 Å². The highest BCUT2D eigenvalue weighted by molar-refractivity contribution is 7.92. The second-order valence-corrected chi connectivity index (χ2v) is 8.47. The van der Waals surface area contributed by atoms with E-state index >= 15 is 0 Å². The average molecular weight is 379 g/mol. The van der Waals surface area contributed by atoms with Gasteiger partial charge in [-0.25, -0.2) is 13.9 Å². The maximum atomic E-state index is 12.0. The lowest BCUT2D eigenvalue weighted by Gasteiger charge is -2.24. The number of ether oxygens (including phenoxy) is 1. The SMILES string of the molecule is CC#CCOc1ccc2nn(CC[C@@](C)(C(=O)NO)S(C)(=O)=O)cc2c1. The van der Waals surface area contributed by atoms with Gasteiger partial charge in [0, 0.05) is 24.4 Å². The van der Waals surface area contributed by atoms with Crippen molar-refractivity contribution in [2.75, 3.05) is 12.9 Å². The number of carbonyl (C=O) groups is 1. The fourth-order valence-electron chi connectivity index (χ4n) is 2.36. The van der Waals surface area contributed by atoms with E-state index in [1.807, 2.05) is 6.07 Å². The zero-order chi connectivity index (χ0) is 19.4. The van der Waals surface area contributed by atoms with Gasteiger partial charge in [0.25, 0.3) is 5.91 Å². The predicted molar refractivity (Wildman–Crippen MR) is 96.5 cm³/mol. The summed E-state index contributed by atoms with van der Waals surface area (Å²) in [6, 6.07) is 5.37. The molecule has 0 aliphatic carbocycles. The lowest BCUT2D eigenvalue weighted by Crippen LogP contribution is -2.49. The van der Waals surface area contributed by atoms with Crippen molar-refractivity contribution in [3.05, 3.63) is 24.4 Å². The van der Waals surface area contributed by atoms with Crippen LogP contribution in [-0.4, -0.2) is 46.9 Å². The molecule has 1 atom stereocenters. The minimum Gasteiger partial charge on any atom is -0.481 e.